The van der Waals surface area contributed by atoms with E-state index < -0.39 is 17.8 Å². The zero-order valence-electron chi connectivity index (χ0n) is 15.1. The van der Waals surface area contributed by atoms with E-state index in [-0.39, 0.29) is 5.91 Å². The maximum absolute atomic E-state index is 12.6. The summed E-state index contributed by atoms with van der Waals surface area (Å²) in [5.41, 5.74) is 0.125. The first-order valence-corrected chi connectivity index (χ1v) is 8.92. The van der Waals surface area contributed by atoms with Crippen molar-refractivity contribution in [1.82, 2.24) is 9.80 Å². The van der Waals surface area contributed by atoms with Gasteiger partial charge in [0.2, 0.25) is 0 Å². The van der Waals surface area contributed by atoms with Crippen LogP contribution in [0, 0.1) is 0 Å². The average Bonchev–Trinajstić information content (AvgIpc) is 2.94. The fraction of sp³-hybridized carbons (Fsp3) is 0.300. The van der Waals surface area contributed by atoms with Crippen LogP contribution in [0.5, 0.6) is 0 Å². The maximum atomic E-state index is 12.6. The molecule has 0 unspecified atom stereocenters. The Kier molecular flexibility index (Phi) is 5.87. The highest BCUT2D eigenvalue weighted by atomic mass is 19.4. The Morgan fingerprint density at radius 3 is 2.07 bits per heavy atom. The molecule has 0 spiro atoms. The molecular weight excluding hydrogens is 371 g/mol. The highest BCUT2D eigenvalue weighted by Crippen LogP contribution is 2.29. The Balaban J connectivity index is 1.58. The van der Waals surface area contributed by atoms with Crippen LogP contribution in [-0.4, -0.2) is 47.9 Å². The van der Waals surface area contributed by atoms with E-state index >= 15 is 0 Å². The molecule has 1 heterocycles. The normalized spacial score (nSPS) is 15.1. The molecule has 3 rings (SSSR count). The number of nitrogens with one attached hydrogen (secondary N) is 1. The number of rotatable bonds is 2. The first-order valence-electron chi connectivity index (χ1n) is 8.92. The number of carbonyl (C=O) groups is 2. The molecule has 5 nitrogen and oxygen atoms in total. The van der Waals surface area contributed by atoms with Gasteiger partial charge >= 0.3 is 12.2 Å². The molecule has 8 heteroatoms. The molecule has 2 aromatic rings. The van der Waals surface area contributed by atoms with Gasteiger partial charge in [0.15, 0.2) is 0 Å². The van der Waals surface area contributed by atoms with Gasteiger partial charge in [0, 0.05) is 37.4 Å². The van der Waals surface area contributed by atoms with Crippen LogP contribution in [0.2, 0.25) is 0 Å². The van der Waals surface area contributed by atoms with Crippen LogP contribution >= 0.6 is 0 Å². The SMILES string of the molecule is O=C(Nc1ccc(C(F)(F)F)cc1)N1CCCN(C(=O)c2ccccc2)CC1. The predicted octanol–water partition coefficient (Wildman–Crippen LogP) is 4.09. The lowest BCUT2D eigenvalue weighted by atomic mass is 10.2. The van der Waals surface area contributed by atoms with Crippen molar-refractivity contribution >= 4 is 17.6 Å². The lowest BCUT2D eigenvalue weighted by Crippen LogP contribution is -2.39. The molecule has 1 N–H and O–H groups in total. The molecule has 1 aliphatic heterocycles. The average molecular weight is 391 g/mol. The second-order valence-electron chi connectivity index (χ2n) is 6.50. The molecule has 148 valence electrons. The fourth-order valence-electron chi connectivity index (χ4n) is 3.03. The predicted molar refractivity (Wildman–Crippen MR) is 99.0 cm³/mol. The van der Waals surface area contributed by atoms with Crippen LogP contribution in [0.4, 0.5) is 23.7 Å². The van der Waals surface area contributed by atoms with Gasteiger partial charge in [-0.25, -0.2) is 4.79 Å². The Morgan fingerprint density at radius 1 is 0.821 bits per heavy atom. The van der Waals surface area contributed by atoms with Crippen molar-refractivity contribution in [1.29, 1.82) is 0 Å². The third-order valence-electron chi connectivity index (χ3n) is 4.55. The highest BCUT2D eigenvalue weighted by molar-refractivity contribution is 5.94. The Morgan fingerprint density at radius 2 is 1.43 bits per heavy atom. The number of nitrogens with zero attached hydrogens (tertiary/aromatic N) is 2. The lowest BCUT2D eigenvalue weighted by Gasteiger charge is -2.22. The summed E-state index contributed by atoms with van der Waals surface area (Å²) < 4.78 is 37.8. The molecule has 0 saturated carbocycles. The van der Waals surface area contributed by atoms with Crippen LogP contribution in [-0.2, 0) is 6.18 Å². The minimum atomic E-state index is -4.41. The standard InChI is InChI=1S/C20H20F3N3O2/c21-20(22,23)16-7-9-17(10-8-16)24-19(28)26-12-4-11-25(13-14-26)18(27)15-5-2-1-3-6-15/h1-3,5-10H,4,11-14H2,(H,24,28). The van der Waals surface area contributed by atoms with Crippen molar-refractivity contribution in [3.8, 4) is 0 Å². The lowest BCUT2D eigenvalue weighted by molar-refractivity contribution is -0.137. The number of anilines is 1. The Bertz CT molecular complexity index is 823. The molecule has 1 aliphatic rings. The topological polar surface area (TPSA) is 52.7 Å². The van der Waals surface area contributed by atoms with Crippen molar-refractivity contribution in [2.45, 2.75) is 12.6 Å². The monoisotopic (exact) mass is 391 g/mol. The molecule has 28 heavy (non-hydrogen) atoms. The molecular formula is C20H20F3N3O2. The van der Waals surface area contributed by atoms with Gasteiger partial charge in [-0.2, -0.15) is 13.2 Å². The Hall–Kier alpha value is -3.03. The van der Waals surface area contributed by atoms with Crippen LogP contribution in [0.3, 0.4) is 0 Å². The summed E-state index contributed by atoms with van der Waals surface area (Å²) >= 11 is 0. The van der Waals surface area contributed by atoms with Gasteiger partial charge in [0.25, 0.3) is 5.91 Å². The Labute approximate surface area is 160 Å². The summed E-state index contributed by atoms with van der Waals surface area (Å²) in [5.74, 6) is -0.0782. The first kappa shape index (κ1) is 19.7. The first-order chi connectivity index (χ1) is 13.3. The summed E-state index contributed by atoms with van der Waals surface area (Å²) in [6.07, 6.45) is -3.79. The number of halogens is 3. The van der Waals surface area contributed by atoms with Gasteiger partial charge in [-0.15, -0.1) is 0 Å². The van der Waals surface area contributed by atoms with E-state index in [4.69, 9.17) is 0 Å². The minimum absolute atomic E-state index is 0.0782. The summed E-state index contributed by atoms with van der Waals surface area (Å²) in [6.45, 7) is 1.75. The number of hydrogen-bond donors (Lipinski definition) is 1. The third kappa shape index (κ3) is 4.82. The van der Waals surface area contributed by atoms with Gasteiger partial charge in [0.1, 0.15) is 0 Å². The van der Waals surface area contributed by atoms with Gasteiger partial charge in [-0.05, 0) is 42.8 Å². The van der Waals surface area contributed by atoms with Crippen LogP contribution in [0.25, 0.3) is 0 Å². The van der Waals surface area contributed by atoms with E-state index in [9.17, 15) is 22.8 Å². The van der Waals surface area contributed by atoms with Gasteiger partial charge < -0.3 is 15.1 Å². The van der Waals surface area contributed by atoms with Crippen molar-refractivity contribution in [2.24, 2.45) is 0 Å². The molecule has 1 saturated heterocycles. The molecule has 1 fully saturated rings. The maximum Gasteiger partial charge on any atom is 0.416 e. The quantitative estimate of drug-likeness (QED) is 0.839. The number of urea groups is 1. The smallest absolute Gasteiger partial charge is 0.337 e. The number of alkyl halides is 3. The largest absolute Gasteiger partial charge is 0.416 e. The molecule has 0 radical (unpaired) electrons. The molecule has 3 amide bonds. The molecule has 2 aromatic carbocycles. The van der Waals surface area contributed by atoms with E-state index in [1.54, 1.807) is 34.1 Å². The van der Waals surface area contributed by atoms with E-state index in [2.05, 4.69) is 5.32 Å². The van der Waals surface area contributed by atoms with Gasteiger partial charge in [-0.3, -0.25) is 4.79 Å². The van der Waals surface area contributed by atoms with Crippen molar-refractivity contribution < 1.29 is 22.8 Å². The number of hydrogen-bond acceptors (Lipinski definition) is 2. The van der Waals surface area contributed by atoms with Crippen LogP contribution in [0.15, 0.2) is 54.6 Å². The molecule has 0 atom stereocenters. The molecule has 0 aromatic heterocycles. The molecule has 0 aliphatic carbocycles. The van der Waals surface area contributed by atoms with E-state index in [1.807, 2.05) is 6.07 Å². The second-order valence-corrected chi connectivity index (χ2v) is 6.50. The van der Waals surface area contributed by atoms with E-state index in [0.29, 0.717) is 43.9 Å². The van der Waals surface area contributed by atoms with Crippen molar-refractivity contribution in [3.63, 3.8) is 0 Å². The van der Waals surface area contributed by atoms with Gasteiger partial charge in [0.05, 0.1) is 5.56 Å². The van der Waals surface area contributed by atoms with Gasteiger partial charge in [-0.1, -0.05) is 18.2 Å². The zero-order chi connectivity index (χ0) is 20.1. The second kappa shape index (κ2) is 8.33. The van der Waals surface area contributed by atoms with Crippen molar-refractivity contribution in [2.75, 3.05) is 31.5 Å². The van der Waals surface area contributed by atoms with E-state index in [0.717, 1.165) is 12.1 Å². The number of carbonyl (C=O) groups excluding carboxylic acids is 2. The number of amides is 3. The fourth-order valence-corrected chi connectivity index (χ4v) is 3.03. The third-order valence-corrected chi connectivity index (χ3v) is 4.55. The summed E-state index contributed by atoms with van der Waals surface area (Å²) in [5, 5.41) is 2.61. The summed E-state index contributed by atoms with van der Waals surface area (Å²) in [7, 11) is 0. The summed E-state index contributed by atoms with van der Waals surface area (Å²) in [4.78, 5) is 28.3. The zero-order valence-corrected chi connectivity index (χ0v) is 15.1. The molecule has 0 bridgehead atoms. The van der Waals surface area contributed by atoms with Crippen molar-refractivity contribution in [3.05, 3.63) is 65.7 Å². The van der Waals surface area contributed by atoms with Crippen LogP contribution < -0.4 is 5.32 Å². The van der Waals surface area contributed by atoms with E-state index in [1.165, 1.54) is 12.1 Å². The summed E-state index contributed by atoms with van der Waals surface area (Å²) in [6, 6.07) is 12.9. The number of benzene rings is 2. The minimum Gasteiger partial charge on any atom is -0.337 e. The highest BCUT2D eigenvalue weighted by Gasteiger charge is 2.30. The van der Waals surface area contributed by atoms with Crippen LogP contribution in [0.1, 0.15) is 22.3 Å².